The topological polar surface area (TPSA) is 33.5 Å². The van der Waals surface area contributed by atoms with Gasteiger partial charge in [0.25, 0.3) is 0 Å². The van der Waals surface area contributed by atoms with E-state index in [2.05, 4.69) is 23.1 Å². The van der Waals surface area contributed by atoms with Crippen LogP contribution in [0.4, 0.5) is 0 Å². The van der Waals surface area contributed by atoms with Crippen LogP contribution in [0.3, 0.4) is 0 Å². The second-order valence-corrected chi connectivity index (χ2v) is 4.65. The maximum absolute atomic E-state index is 11.8. The predicted octanol–water partition coefficient (Wildman–Crippen LogP) is 3.06. The van der Waals surface area contributed by atoms with Gasteiger partial charge >= 0.3 is 0 Å². The van der Waals surface area contributed by atoms with Gasteiger partial charge in [0.15, 0.2) is 11.5 Å². The van der Waals surface area contributed by atoms with Gasteiger partial charge in [-0.1, -0.05) is 18.2 Å². The van der Waals surface area contributed by atoms with Crippen molar-refractivity contribution < 1.29 is 9.21 Å². The highest BCUT2D eigenvalue weighted by atomic mass is 16.3. The van der Waals surface area contributed by atoms with Crippen molar-refractivity contribution in [3.05, 3.63) is 48.0 Å². The van der Waals surface area contributed by atoms with Crippen molar-refractivity contribution in [1.29, 1.82) is 0 Å². The summed E-state index contributed by atoms with van der Waals surface area (Å²) in [5.74, 6) is 0.528. The van der Waals surface area contributed by atoms with Crippen molar-refractivity contribution in [3.63, 3.8) is 0 Å². The molecule has 3 heteroatoms. The average molecular weight is 245 g/mol. The van der Waals surface area contributed by atoms with Crippen LogP contribution in [0.5, 0.6) is 0 Å². The third kappa shape index (κ3) is 3.70. The molecule has 1 aromatic heterocycles. The van der Waals surface area contributed by atoms with E-state index in [1.165, 1.54) is 11.8 Å². The van der Waals surface area contributed by atoms with Crippen molar-refractivity contribution >= 4 is 5.78 Å². The SMILES string of the molecule is CN(CCC(=O)c1ccco1)CC1=CCCC=C1. The molecule has 0 spiro atoms. The van der Waals surface area contributed by atoms with E-state index in [9.17, 15) is 4.79 Å². The van der Waals surface area contributed by atoms with Crippen LogP contribution < -0.4 is 0 Å². The Balaban J connectivity index is 1.75. The van der Waals surface area contributed by atoms with Gasteiger partial charge in [-0.25, -0.2) is 0 Å². The first kappa shape index (κ1) is 12.8. The van der Waals surface area contributed by atoms with Crippen LogP contribution in [0.2, 0.25) is 0 Å². The fraction of sp³-hybridized carbons (Fsp3) is 0.400. The number of carbonyl (C=O) groups excluding carboxylic acids is 1. The van der Waals surface area contributed by atoms with E-state index in [4.69, 9.17) is 4.42 Å². The van der Waals surface area contributed by atoms with Crippen molar-refractivity contribution in [2.24, 2.45) is 0 Å². The molecule has 1 heterocycles. The molecule has 96 valence electrons. The number of Topliss-reactive ketones (excluding diaryl/α,β-unsaturated/α-hetero) is 1. The fourth-order valence-electron chi connectivity index (χ4n) is 2.03. The minimum absolute atomic E-state index is 0.0695. The number of likely N-dealkylation sites (N-methyl/N-ethyl adjacent to an activating group) is 1. The first-order valence-corrected chi connectivity index (χ1v) is 6.36. The molecule has 0 radical (unpaired) electrons. The first-order valence-electron chi connectivity index (χ1n) is 6.36. The highest BCUT2D eigenvalue weighted by Crippen LogP contribution is 2.11. The van der Waals surface area contributed by atoms with E-state index >= 15 is 0 Å². The molecule has 2 rings (SSSR count). The Labute approximate surface area is 108 Å². The standard InChI is InChI=1S/C15H19NO2/c1-16(12-13-6-3-2-4-7-13)10-9-14(17)15-8-5-11-18-15/h3,5-8,11H,2,4,9-10,12H2,1H3. The highest BCUT2D eigenvalue weighted by molar-refractivity contribution is 5.93. The molecular formula is C15H19NO2. The third-order valence-electron chi connectivity index (χ3n) is 3.04. The largest absolute Gasteiger partial charge is 0.461 e. The lowest BCUT2D eigenvalue weighted by Crippen LogP contribution is -2.24. The van der Waals surface area contributed by atoms with Crippen molar-refractivity contribution in [2.75, 3.05) is 20.1 Å². The minimum Gasteiger partial charge on any atom is -0.461 e. The number of furan rings is 1. The number of allylic oxidation sites excluding steroid dienone is 2. The second kappa shape index (κ2) is 6.36. The van der Waals surface area contributed by atoms with Gasteiger partial charge in [0.05, 0.1) is 6.26 Å². The second-order valence-electron chi connectivity index (χ2n) is 4.65. The van der Waals surface area contributed by atoms with Gasteiger partial charge in [-0.2, -0.15) is 0 Å². The molecule has 0 saturated heterocycles. The van der Waals surface area contributed by atoms with Gasteiger partial charge in [-0.05, 0) is 37.6 Å². The Morgan fingerprint density at radius 3 is 3.00 bits per heavy atom. The monoisotopic (exact) mass is 245 g/mol. The normalized spacial score (nSPS) is 14.9. The summed E-state index contributed by atoms with van der Waals surface area (Å²) in [6.45, 7) is 1.66. The lowest BCUT2D eigenvalue weighted by atomic mass is 10.1. The molecule has 0 saturated carbocycles. The lowest BCUT2D eigenvalue weighted by molar-refractivity contribution is 0.0943. The Morgan fingerprint density at radius 1 is 1.44 bits per heavy atom. The molecule has 0 N–H and O–H groups in total. The quantitative estimate of drug-likeness (QED) is 0.722. The van der Waals surface area contributed by atoms with E-state index in [0.717, 1.165) is 25.9 Å². The lowest BCUT2D eigenvalue weighted by Gasteiger charge is -2.17. The molecule has 0 atom stereocenters. The summed E-state index contributed by atoms with van der Waals surface area (Å²) in [5.41, 5.74) is 1.34. The van der Waals surface area contributed by atoms with Crippen molar-refractivity contribution in [2.45, 2.75) is 19.3 Å². The molecule has 0 fully saturated rings. The van der Waals surface area contributed by atoms with E-state index in [0.29, 0.717) is 12.2 Å². The number of ketones is 1. The Bertz CT molecular complexity index is 443. The van der Waals surface area contributed by atoms with Crippen molar-refractivity contribution in [1.82, 2.24) is 4.90 Å². The maximum atomic E-state index is 11.8. The number of nitrogens with zero attached hydrogens (tertiary/aromatic N) is 1. The number of rotatable bonds is 6. The first-order chi connectivity index (χ1) is 8.75. The van der Waals surface area contributed by atoms with E-state index < -0.39 is 0 Å². The summed E-state index contributed by atoms with van der Waals surface area (Å²) in [4.78, 5) is 13.9. The zero-order chi connectivity index (χ0) is 12.8. The predicted molar refractivity (Wildman–Crippen MR) is 71.6 cm³/mol. The molecular weight excluding hydrogens is 226 g/mol. The molecule has 0 aliphatic heterocycles. The smallest absolute Gasteiger partial charge is 0.199 e. The summed E-state index contributed by atoms with van der Waals surface area (Å²) in [6.07, 6.45) is 11.0. The third-order valence-corrected chi connectivity index (χ3v) is 3.04. The summed E-state index contributed by atoms with van der Waals surface area (Å²) in [7, 11) is 2.04. The summed E-state index contributed by atoms with van der Waals surface area (Å²) < 4.78 is 5.09. The Kier molecular flexibility index (Phi) is 4.53. The van der Waals surface area contributed by atoms with E-state index in [1.807, 2.05) is 7.05 Å². The van der Waals surface area contributed by atoms with Gasteiger partial charge in [0, 0.05) is 19.5 Å². The molecule has 0 unspecified atom stereocenters. The summed E-state index contributed by atoms with van der Waals surface area (Å²) in [6, 6.07) is 3.46. The number of carbonyl (C=O) groups is 1. The van der Waals surface area contributed by atoms with Crippen LogP contribution in [0.25, 0.3) is 0 Å². The zero-order valence-electron chi connectivity index (χ0n) is 10.8. The molecule has 1 aliphatic carbocycles. The van der Waals surface area contributed by atoms with Crippen LogP contribution in [-0.2, 0) is 0 Å². The van der Waals surface area contributed by atoms with Gasteiger partial charge in [-0.15, -0.1) is 0 Å². The molecule has 0 amide bonds. The molecule has 3 nitrogen and oxygen atoms in total. The van der Waals surface area contributed by atoms with Gasteiger partial charge in [-0.3, -0.25) is 4.79 Å². The number of hydrogen-bond acceptors (Lipinski definition) is 3. The zero-order valence-corrected chi connectivity index (χ0v) is 10.8. The van der Waals surface area contributed by atoms with E-state index in [-0.39, 0.29) is 5.78 Å². The van der Waals surface area contributed by atoms with Gasteiger partial charge < -0.3 is 9.32 Å². The Hall–Kier alpha value is -1.61. The average Bonchev–Trinajstić information content (AvgIpc) is 2.91. The van der Waals surface area contributed by atoms with Gasteiger partial charge in [0.1, 0.15) is 0 Å². The Morgan fingerprint density at radius 2 is 2.33 bits per heavy atom. The molecule has 0 bridgehead atoms. The van der Waals surface area contributed by atoms with Crippen LogP contribution in [0, 0.1) is 0 Å². The fourth-order valence-corrected chi connectivity index (χ4v) is 2.03. The van der Waals surface area contributed by atoms with Crippen molar-refractivity contribution in [3.8, 4) is 0 Å². The summed E-state index contributed by atoms with van der Waals surface area (Å²) >= 11 is 0. The molecule has 1 aromatic rings. The minimum atomic E-state index is 0.0695. The van der Waals surface area contributed by atoms with Crippen LogP contribution in [0.1, 0.15) is 29.8 Å². The highest BCUT2D eigenvalue weighted by Gasteiger charge is 2.10. The van der Waals surface area contributed by atoms with Crippen LogP contribution >= 0.6 is 0 Å². The van der Waals surface area contributed by atoms with E-state index in [1.54, 1.807) is 12.1 Å². The molecule has 18 heavy (non-hydrogen) atoms. The van der Waals surface area contributed by atoms with Crippen LogP contribution in [-0.4, -0.2) is 30.8 Å². The molecule has 0 aromatic carbocycles. The summed E-state index contributed by atoms with van der Waals surface area (Å²) in [5, 5.41) is 0. The van der Waals surface area contributed by atoms with Crippen LogP contribution in [0.15, 0.2) is 46.6 Å². The maximum Gasteiger partial charge on any atom is 0.199 e. The van der Waals surface area contributed by atoms with Gasteiger partial charge in [0.2, 0.25) is 0 Å². The number of hydrogen-bond donors (Lipinski definition) is 0. The molecule has 1 aliphatic rings.